The van der Waals surface area contributed by atoms with Gasteiger partial charge in [0.25, 0.3) is 0 Å². The Balaban J connectivity index is 1.41. The number of aromatic amines is 1. The first-order chi connectivity index (χ1) is 13.6. The molecule has 0 bridgehead atoms. The molecule has 3 rings (SSSR count). The Hall–Kier alpha value is -3.22. The number of rotatable bonds is 10. The molecule has 0 aliphatic carbocycles. The lowest BCUT2D eigenvalue weighted by molar-refractivity contribution is 0.112. The van der Waals surface area contributed by atoms with Gasteiger partial charge in [0.1, 0.15) is 6.29 Å². The van der Waals surface area contributed by atoms with Gasteiger partial charge in [-0.15, -0.1) is 5.10 Å². The van der Waals surface area contributed by atoms with E-state index in [1.54, 1.807) is 6.20 Å². The van der Waals surface area contributed by atoms with Crippen molar-refractivity contribution in [1.29, 1.82) is 0 Å². The average Bonchev–Trinajstić information content (AvgIpc) is 3.31. The van der Waals surface area contributed by atoms with Gasteiger partial charge in [-0.2, -0.15) is 0 Å². The predicted molar refractivity (Wildman–Crippen MR) is 110 cm³/mol. The minimum atomic E-state index is 0.480. The molecule has 7 heteroatoms. The van der Waals surface area contributed by atoms with E-state index < -0.39 is 0 Å². The molecule has 0 aliphatic heterocycles. The normalized spacial score (nSPS) is 11.7. The molecule has 0 atom stereocenters. The quantitative estimate of drug-likeness (QED) is 0.415. The third kappa shape index (κ3) is 5.90. The summed E-state index contributed by atoms with van der Waals surface area (Å²) in [5, 5.41) is 8.50. The van der Waals surface area contributed by atoms with Crippen LogP contribution in [0.5, 0.6) is 0 Å². The van der Waals surface area contributed by atoms with E-state index in [0.29, 0.717) is 18.1 Å². The summed E-state index contributed by atoms with van der Waals surface area (Å²) >= 11 is 0. The number of aromatic nitrogens is 5. The average molecular weight is 378 g/mol. The summed E-state index contributed by atoms with van der Waals surface area (Å²) in [6.07, 6.45) is 12.0. The predicted octanol–water partition coefficient (Wildman–Crippen LogP) is 3.45. The third-order valence-electron chi connectivity index (χ3n) is 4.51. The zero-order chi connectivity index (χ0) is 19.8. The van der Waals surface area contributed by atoms with Crippen LogP contribution in [0.15, 0.2) is 42.2 Å². The van der Waals surface area contributed by atoms with E-state index in [1.165, 1.54) is 5.57 Å². The van der Waals surface area contributed by atoms with Crippen molar-refractivity contribution in [2.24, 2.45) is 0 Å². The molecule has 1 aromatic carbocycles. The molecule has 3 N–H and O–H groups in total. The summed E-state index contributed by atoms with van der Waals surface area (Å²) in [7, 11) is 0. The number of anilines is 1. The zero-order valence-corrected chi connectivity index (χ0v) is 16.1. The van der Waals surface area contributed by atoms with E-state index in [9.17, 15) is 4.79 Å². The van der Waals surface area contributed by atoms with Crippen LogP contribution in [0.2, 0.25) is 0 Å². The number of benzene rings is 1. The molecule has 0 radical (unpaired) electrons. The van der Waals surface area contributed by atoms with Crippen molar-refractivity contribution in [3.8, 4) is 0 Å². The standard InChI is InChI=1S/C21H26N6O/c1-16(11-17-7-9-18(15-28)10-8-17)13-27-14-20(25-26-27)6-4-2-3-5-19-12-23-21(22)24-19/h7-12,14-15H,2-6,13H2,1H3,(H3,22,23,24)/b16-11+. The lowest BCUT2D eigenvalue weighted by Gasteiger charge is -2.02. The largest absolute Gasteiger partial charge is 0.369 e. The Kier molecular flexibility index (Phi) is 6.73. The minimum Gasteiger partial charge on any atom is -0.369 e. The summed E-state index contributed by atoms with van der Waals surface area (Å²) in [5.74, 6) is 0.480. The number of H-pyrrole nitrogens is 1. The highest BCUT2D eigenvalue weighted by molar-refractivity contribution is 5.75. The maximum Gasteiger partial charge on any atom is 0.197 e. The van der Waals surface area contributed by atoms with Gasteiger partial charge in [0.2, 0.25) is 0 Å². The highest BCUT2D eigenvalue weighted by atomic mass is 16.1. The van der Waals surface area contributed by atoms with Crippen molar-refractivity contribution in [2.45, 2.75) is 45.6 Å². The molecule has 2 aromatic heterocycles. The van der Waals surface area contributed by atoms with E-state index in [4.69, 9.17) is 5.73 Å². The van der Waals surface area contributed by atoms with Crippen molar-refractivity contribution in [2.75, 3.05) is 5.73 Å². The summed E-state index contributed by atoms with van der Waals surface area (Å²) in [6.45, 7) is 2.76. The van der Waals surface area contributed by atoms with E-state index in [2.05, 4.69) is 33.3 Å². The van der Waals surface area contributed by atoms with E-state index in [-0.39, 0.29) is 0 Å². The molecule has 7 nitrogen and oxygen atoms in total. The molecule has 146 valence electrons. The number of unbranched alkanes of at least 4 members (excludes halogenated alkanes) is 2. The number of hydrogen-bond donors (Lipinski definition) is 2. The maximum atomic E-state index is 10.7. The molecule has 0 saturated carbocycles. The zero-order valence-electron chi connectivity index (χ0n) is 16.1. The van der Waals surface area contributed by atoms with Gasteiger partial charge in [0, 0.05) is 17.5 Å². The van der Waals surface area contributed by atoms with Crippen molar-refractivity contribution in [1.82, 2.24) is 25.0 Å². The first-order valence-corrected chi connectivity index (χ1v) is 9.53. The molecule has 3 aromatic rings. The lowest BCUT2D eigenvalue weighted by atomic mass is 10.1. The van der Waals surface area contributed by atoms with Crippen LogP contribution in [0.1, 0.15) is 53.5 Å². The first-order valence-electron chi connectivity index (χ1n) is 9.53. The van der Waals surface area contributed by atoms with Crippen molar-refractivity contribution < 1.29 is 4.79 Å². The van der Waals surface area contributed by atoms with Gasteiger partial charge in [0.15, 0.2) is 5.95 Å². The van der Waals surface area contributed by atoms with E-state index in [0.717, 1.165) is 55.3 Å². The van der Waals surface area contributed by atoms with Crippen LogP contribution in [-0.4, -0.2) is 31.2 Å². The number of carbonyl (C=O) groups excluding carboxylic acids is 1. The van der Waals surface area contributed by atoms with Crippen LogP contribution in [0.25, 0.3) is 6.08 Å². The number of nitrogens with zero attached hydrogens (tertiary/aromatic N) is 4. The van der Waals surface area contributed by atoms with Gasteiger partial charge in [-0.05, 0) is 38.2 Å². The minimum absolute atomic E-state index is 0.480. The van der Waals surface area contributed by atoms with Gasteiger partial charge in [-0.25, -0.2) is 9.67 Å². The molecule has 0 saturated heterocycles. The fourth-order valence-electron chi connectivity index (χ4n) is 3.09. The third-order valence-corrected chi connectivity index (χ3v) is 4.51. The Bertz CT molecular complexity index is 923. The van der Waals surface area contributed by atoms with Crippen molar-refractivity contribution >= 4 is 18.3 Å². The molecule has 0 spiro atoms. The summed E-state index contributed by atoms with van der Waals surface area (Å²) in [4.78, 5) is 17.8. The van der Waals surface area contributed by atoms with E-state index >= 15 is 0 Å². The van der Waals surface area contributed by atoms with Crippen LogP contribution < -0.4 is 5.73 Å². The van der Waals surface area contributed by atoms with Crippen molar-refractivity contribution in [3.05, 3.63) is 64.7 Å². The molecule has 0 aliphatic rings. The van der Waals surface area contributed by atoms with Gasteiger partial charge in [-0.1, -0.05) is 47.5 Å². The number of nitrogens with two attached hydrogens (primary N) is 1. The van der Waals surface area contributed by atoms with Crippen molar-refractivity contribution in [3.63, 3.8) is 0 Å². The van der Waals surface area contributed by atoms with Gasteiger partial charge < -0.3 is 10.7 Å². The molecular weight excluding hydrogens is 352 g/mol. The molecule has 0 unspecified atom stereocenters. The number of allylic oxidation sites excluding steroid dienone is 1. The second-order valence-electron chi connectivity index (χ2n) is 7.04. The number of hydrogen-bond acceptors (Lipinski definition) is 5. The Morgan fingerprint density at radius 2 is 1.89 bits per heavy atom. The highest BCUT2D eigenvalue weighted by Crippen LogP contribution is 2.11. The number of aldehydes is 1. The number of nitrogens with one attached hydrogen (secondary N) is 1. The maximum absolute atomic E-state index is 10.7. The Morgan fingerprint density at radius 3 is 2.61 bits per heavy atom. The van der Waals surface area contributed by atoms with Crippen LogP contribution >= 0.6 is 0 Å². The summed E-state index contributed by atoms with van der Waals surface area (Å²) < 4.78 is 1.87. The smallest absolute Gasteiger partial charge is 0.197 e. The summed E-state index contributed by atoms with van der Waals surface area (Å²) in [6, 6.07) is 7.52. The van der Waals surface area contributed by atoms with Crippen LogP contribution in [0, 0.1) is 0 Å². The van der Waals surface area contributed by atoms with E-state index in [1.807, 2.05) is 35.1 Å². The van der Waals surface area contributed by atoms with Crippen LogP contribution in [-0.2, 0) is 19.4 Å². The molecular formula is C21H26N6O. The molecule has 28 heavy (non-hydrogen) atoms. The highest BCUT2D eigenvalue weighted by Gasteiger charge is 2.03. The molecule has 0 fully saturated rings. The first kappa shape index (κ1) is 19.5. The molecule has 0 amide bonds. The number of nitrogen functional groups attached to an aromatic ring is 1. The van der Waals surface area contributed by atoms with Gasteiger partial charge in [-0.3, -0.25) is 4.79 Å². The number of imidazole rings is 1. The second-order valence-corrected chi connectivity index (χ2v) is 7.04. The van der Waals surface area contributed by atoms with Gasteiger partial charge >= 0.3 is 0 Å². The SMILES string of the molecule is C/C(=C\c1ccc(C=O)cc1)Cn1cc(CCCCCc2cnc(N)[nH]2)nn1. The van der Waals surface area contributed by atoms with Gasteiger partial charge in [0.05, 0.1) is 18.4 Å². The topological polar surface area (TPSA) is 102 Å². The fourth-order valence-corrected chi connectivity index (χ4v) is 3.09. The molecule has 2 heterocycles. The lowest BCUT2D eigenvalue weighted by Crippen LogP contribution is -1.99. The Labute approximate surface area is 164 Å². The summed E-state index contributed by atoms with van der Waals surface area (Å²) in [5.41, 5.74) is 10.6. The number of carbonyl (C=O) groups is 1. The fraction of sp³-hybridized carbons (Fsp3) is 0.333. The number of aryl methyl sites for hydroxylation is 2. The Morgan fingerprint density at radius 1 is 1.14 bits per heavy atom. The van der Waals surface area contributed by atoms with Crippen LogP contribution in [0.4, 0.5) is 5.95 Å². The monoisotopic (exact) mass is 378 g/mol. The van der Waals surface area contributed by atoms with Crippen LogP contribution in [0.3, 0.4) is 0 Å². The second kappa shape index (κ2) is 9.64.